The van der Waals surface area contributed by atoms with E-state index < -0.39 is 11.6 Å². The topological polar surface area (TPSA) is 86.9 Å². The molecule has 1 saturated heterocycles. The number of alkyl halides is 1. The Hall–Kier alpha value is -2.83. The van der Waals surface area contributed by atoms with Gasteiger partial charge >= 0.3 is 5.97 Å². The highest BCUT2D eigenvalue weighted by atomic mass is 31.0. The van der Waals surface area contributed by atoms with E-state index in [0.717, 1.165) is 10.9 Å². The number of aromatic nitrogens is 2. The Balaban J connectivity index is 0.000000302. The fourth-order valence-corrected chi connectivity index (χ4v) is 3.95. The minimum Gasteiger partial charge on any atom is -0.478 e. The number of rotatable bonds is 4. The fraction of sp³-hybridized carbons (Fsp3) is 0.423. The minimum atomic E-state index is -1.12. The molecule has 9 heteroatoms. The number of piperidine rings is 1. The van der Waals surface area contributed by atoms with Gasteiger partial charge in [0.05, 0.1) is 5.56 Å². The molecule has 0 saturated carbocycles. The Morgan fingerprint density at radius 3 is 2.40 bits per heavy atom. The summed E-state index contributed by atoms with van der Waals surface area (Å²) in [6, 6.07) is 12.2. The number of hydrogen-bond acceptors (Lipinski definition) is 5. The summed E-state index contributed by atoms with van der Waals surface area (Å²) in [5.74, 6) is -0.245. The molecule has 2 N–H and O–H groups in total. The maximum atomic E-state index is 14.0. The van der Waals surface area contributed by atoms with E-state index in [4.69, 9.17) is 10.1 Å². The molecule has 2 aromatic heterocycles. The van der Waals surface area contributed by atoms with Crippen LogP contribution in [0, 0.1) is 0 Å². The predicted octanol–water partition coefficient (Wildman–Crippen LogP) is 4.21. The zero-order valence-corrected chi connectivity index (χ0v) is 22.2. The zero-order chi connectivity index (χ0) is 26.2. The van der Waals surface area contributed by atoms with E-state index in [0.29, 0.717) is 43.0 Å². The lowest BCUT2D eigenvalue weighted by Crippen LogP contribution is -2.41. The highest BCUT2D eigenvalue weighted by Crippen LogP contribution is 2.28. The Morgan fingerprint density at radius 1 is 1.20 bits per heavy atom. The second-order valence-electron chi connectivity index (χ2n) is 8.45. The highest BCUT2D eigenvalue weighted by Gasteiger charge is 2.30. The summed E-state index contributed by atoms with van der Waals surface area (Å²) >= 11 is 0. The summed E-state index contributed by atoms with van der Waals surface area (Å²) in [6.07, 6.45) is 2.65. The molecule has 35 heavy (non-hydrogen) atoms. The molecule has 0 radical (unpaired) electrons. The number of carboxylic acid groups (broad SMARTS) is 1. The van der Waals surface area contributed by atoms with Gasteiger partial charge in [-0.05, 0) is 57.2 Å². The van der Waals surface area contributed by atoms with Crippen LogP contribution in [0.1, 0.15) is 62.5 Å². The molecule has 0 aliphatic carbocycles. The molecule has 0 amide bonds. The Kier molecular flexibility index (Phi) is 10.3. The molecule has 3 heterocycles. The molecule has 1 aliphatic rings. The van der Waals surface area contributed by atoms with Crippen LogP contribution in [0.3, 0.4) is 0 Å². The Labute approximate surface area is 208 Å². The van der Waals surface area contributed by atoms with Gasteiger partial charge in [0.2, 0.25) is 0 Å². The molecular weight excluding hydrogens is 466 g/mol. The predicted molar refractivity (Wildman–Crippen MR) is 144 cm³/mol. The first-order chi connectivity index (χ1) is 16.6. The van der Waals surface area contributed by atoms with Crippen molar-refractivity contribution < 1.29 is 14.3 Å². The van der Waals surface area contributed by atoms with Crippen LogP contribution in [0.15, 0.2) is 53.5 Å². The first kappa shape index (κ1) is 28.4. The second-order valence-corrected chi connectivity index (χ2v) is 9.12. The van der Waals surface area contributed by atoms with E-state index in [9.17, 15) is 14.0 Å². The summed E-state index contributed by atoms with van der Waals surface area (Å²) < 4.78 is 15.6. The van der Waals surface area contributed by atoms with Gasteiger partial charge in [-0.25, -0.2) is 14.2 Å². The van der Waals surface area contributed by atoms with E-state index in [2.05, 4.69) is 14.6 Å². The van der Waals surface area contributed by atoms with Crippen molar-refractivity contribution in [2.24, 2.45) is 0 Å². The number of hydrogen-bond donors (Lipinski definition) is 2. The molecule has 190 valence electrons. The Bertz CT molecular complexity index is 1190. The van der Waals surface area contributed by atoms with Gasteiger partial charge in [-0.3, -0.25) is 9.20 Å². The Morgan fingerprint density at radius 2 is 1.86 bits per heavy atom. The number of halogens is 1. The summed E-state index contributed by atoms with van der Waals surface area (Å²) in [5, 5.41) is 12.6. The maximum Gasteiger partial charge on any atom is 0.335 e. The average molecular weight is 503 g/mol. The number of aromatic carboxylic acids is 1. The summed E-state index contributed by atoms with van der Waals surface area (Å²) in [6.45, 7) is 8.84. The van der Waals surface area contributed by atoms with Crippen LogP contribution in [0.2, 0.25) is 0 Å². The standard InChI is InChI=1S/C17H23FN4O.C7H7O2P.C2H6/c1-12(19-3)13-5-4-8-22-15(23)11-14(20-16(13)22)21-9-6-17(2,18)7-10-21;8-7(9)5-2-1-3-6(10)4-5;1-2/h4-5,8,11-12,19H,6-7,9-10H2,1-3H3;1-4H,10H2,(H,8,9);1-2H3. The van der Waals surface area contributed by atoms with Gasteiger partial charge in [-0.1, -0.05) is 32.0 Å². The van der Waals surface area contributed by atoms with E-state index in [1.54, 1.807) is 41.8 Å². The van der Waals surface area contributed by atoms with Crippen LogP contribution < -0.4 is 21.1 Å². The van der Waals surface area contributed by atoms with Crippen LogP contribution >= 0.6 is 9.24 Å². The lowest BCUT2D eigenvalue weighted by atomic mass is 9.96. The lowest BCUT2D eigenvalue weighted by molar-refractivity contribution is 0.0697. The number of anilines is 1. The second kappa shape index (κ2) is 12.8. The number of nitrogens with zero attached hydrogens (tertiary/aromatic N) is 3. The van der Waals surface area contributed by atoms with Crippen molar-refractivity contribution in [2.75, 3.05) is 25.0 Å². The third-order valence-electron chi connectivity index (χ3n) is 5.87. The molecular formula is C26H36FN4O3P. The normalized spacial score (nSPS) is 15.3. The van der Waals surface area contributed by atoms with Crippen molar-refractivity contribution in [2.45, 2.75) is 52.2 Å². The molecule has 0 bridgehead atoms. The van der Waals surface area contributed by atoms with Crippen molar-refractivity contribution in [1.82, 2.24) is 14.7 Å². The average Bonchev–Trinajstić information content (AvgIpc) is 2.85. The van der Waals surface area contributed by atoms with Gasteiger partial charge in [0.15, 0.2) is 0 Å². The molecule has 0 spiro atoms. The van der Waals surface area contributed by atoms with Gasteiger partial charge < -0.3 is 15.3 Å². The highest BCUT2D eigenvalue weighted by molar-refractivity contribution is 7.27. The third-order valence-corrected chi connectivity index (χ3v) is 6.23. The third kappa shape index (κ3) is 7.58. The van der Waals surface area contributed by atoms with Crippen LogP contribution in [0.4, 0.5) is 10.2 Å². The SMILES string of the molecule is CC.CNC(C)c1cccn2c(=O)cc(N3CCC(C)(F)CC3)nc12.O=C(O)c1cccc(P)c1. The van der Waals surface area contributed by atoms with Crippen LogP contribution in [-0.4, -0.2) is 46.3 Å². The summed E-state index contributed by atoms with van der Waals surface area (Å²) in [4.78, 5) is 29.5. The molecule has 1 aliphatic heterocycles. The van der Waals surface area contributed by atoms with Crippen LogP contribution in [-0.2, 0) is 0 Å². The monoisotopic (exact) mass is 502 g/mol. The number of carboxylic acids is 1. The molecule has 3 aromatic rings. The molecule has 2 atom stereocenters. The van der Waals surface area contributed by atoms with E-state index >= 15 is 0 Å². The van der Waals surface area contributed by atoms with E-state index in [-0.39, 0.29) is 11.6 Å². The molecule has 4 rings (SSSR count). The van der Waals surface area contributed by atoms with Crippen LogP contribution in [0.5, 0.6) is 0 Å². The van der Waals surface area contributed by atoms with Crippen molar-refractivity contribution in [3.8, 4) is 0 Å². The smallest absolute Gasteiger partial charge is 0.335 e. The number of pyridine rings is 1. The number of nitrogens with one attached hydrogen (secondary N) is 1. The fourth-order valence-electron chi connectivity index (χ4n) is 3.66. The lowest BCUT2D eigenvalue weighted by Gasteiger charge is -2.34. The van der Waals surface area contributed by atoms with Crippen molar-refractivity contribution >= 4 is 32.0 Å². The van der Waals surface area contributed by atoms with Gasteiger partial charge in [-0.2, -0.15) is 0 Å². The van der Waals surface area contributed by atoms with Gasteiger partial charge in [0, 0.05) is 37.0 Å². The summed E-state index contributed by atoms with van der Waals surface area (Å²) in [7, 11) is 4.32. The van der Waals surface area contributed by atoms with Crippen molar-refractivity contribution in [1.29, 1.82) is 0 Å². The minimum absolute atomic E-state index is 0.0869. The van der Waals surface area contributed by atoms with E-state index in [1.807, 2.05) is 50.9 Å². The first-order valence-corrected chi connectivity index (χ1v) is 12.4. The number of carbonyl (C=O) groups is 1. The number of fused-ring (bicyclic) bond motifs is 1. The number of benzene rings is 1. The molecule has 1 fully saturated rings. The zero-order valence-electron chi connectivity index (χ0n) is 21.1. The maximum absolute atomic E-state index is 14.0. The van der Waals surface area contributed by atoms with E-state index in [1.165, 1.54) is 0 Å². The van der Waals surface area contributed by atoms with Crippen molar-refractivity contribution in [3.63, 3.8) is 0 Å². The van der Waals surface area contributed by atoms with Gasteiger partial charge in [-0.15, -0.1) is 9.24 Å². The quantitative estimate of drug-likeness (QED) is 0.520. The van der Waals surface area contributed by atoms with Crippen molar-refractivity contribution in [3.05, 3.63) is 70.1 Å². The first-order valence-electron chi connectivity index (χ1n) is 11.8. The van der Waals surface area contributed by atoms with Crippen LogP contribution in [0.25, 0.3) is 5.65 Å². The molecule has 7 nitrogen and oxygen atoms in total. The summed E-state index contributed by atoms with van der Waals surface area (Å²) in [5.41, 5.74) is 0.733. The molecule has 2 unspecified atom stereocenters. The molecule has 1 aromatic carbocycles. The largest absolute Gasteiger partial charge is 0.478 e. The van der Waals surface area contributed by atoms with Gasteiger partial charge in [0.1, 0.15) is 17.1 Å². The van der Waals surface area contributed by atoms with Gasteiger partial charge in [0.25, 0.3) is 5.56 Å².